The highest BCUT2D eigenvalue weighted by Gasteiger charge is 2.03. The lowest BCUT2D eigenvalue weighted by Crippen LogP contribution is -1.96. The molecule has 0 aliphatic heterocycles. The molecular weight excluding hydrogens is 191 g/mol. The molecule has 0 fully saturated rings. The lowest BCUT2D eigenvalue weighted by atomic mass is 9.68. The first-order chi connectivity index (χ1) is 7.92. The first kappa shape index (κ1) is 11.0. The molecule has 2 rings (SSSR count). The summed E-state index contributed by atoms with van der Waals surface area (Å²) in [5.74, 6) is 0. The molecule has 16 heavy (non-hydrogen) atoms. The summed E-state index contributed by atoms with van der Waals surface area (Å²) in [6.07, 6.45) is 2.19. The fraction of sp³-hybridized carbons (Fsp3) is 0.200. The molecule has 0 spiro atoms. The third kappa shape index (κ3) is 2.54. The van der Waals surface area contributed by atoms with Gasteiger partial charge in [0.15, 0.2) is 0 Å². The Morgan fingerprint density at radius 2 is 1.56 bits per heavy atom. The molecule has 0 atom stereocenters. The van der Waals surface area contributed by atoms with Crippen molar-refractivity contribution in [2.45, 2.75) is 19.6 Å². The van der Waals surface area contributed by atoms with Gasteiger partial charge in [0.05, 0.1) is 0 Å². The molecule has 2 aromatic carbocycles. The maximum atomic E-state index is 2.32. The molecule has 1 heteroatoms. The van der Waals surface area contributed by atoms with Crippen LogP contribution >= 0.6 is 0 Å². The van der Waals surface area contributed by atoms with Gasteiger partial charge >= 0.3 is 0 Å². The zero-order valence-electron chi connectivity index (χ0n) is 9.69. The summed E-state index contributed by atoms with van der Waals surface area (Å²) in [5, 5.41) is 0. The van der Waals surface area contributed by atoms with Crippen molar-refractivity contribution in [3.8, 4) is 11.1 Å². The minimum absolute atomic E-state index is 1.06. The quantitative estimate of drug-likeness (QED) is 0.664. The van der Waals surface area contributed by atoms with Crippen molar-refractivity contribution in [3.63, 3.8) is 0 Å². The van der Waals surface area contributed by atoms with Crippen LogP contribution in [0.25, 0.3) is 11.1 Å². The van der Waals surface area contributed by atoms with E-state index in [-0.39, 0.29) is 0 Å². The lowest BCUT2D eigenvalue weighted by molar-refractivity contribution is 1.33. The SMILES string of the molecule is CC[B]Cc1ccccc1-c1ccccc1. The van der Waals surface area contributed by atoms with Gasteiger partial charge in [-0.3, -0.25) is 0 Å². The van der Waals surface area contributed by atoms with Gasteiger partial charge in [0.2, 0.25) is 0 Å². The van der Waals surface area contributed by atoms with Crippen LogP contribution < -0.4 is 0 Å². The van der Waals surface area contributed by atoms with Gasteiger partial charge < -0.3 is 0 Å². The Kier molecular flexibility index (Phi) is 3.82. The van der Waals surface area contributed by atoms with Crippen molar-refractivity contribution in [3.05, 3.63) is 60.2 Å². The van der Waals surface area contributed by atoms with Crippen LogP contribution in [-0.2, 0) is 6.32 Å². The third-order valence-corrected chi connectivity index (χ3v) is 2.76. The molecule has 0 heterocycles. The minimum atomic E-state index is 1.06. The van der Waals surface area contributed by atoms with Crippen LogP contribution in [0.1, 0.15) is 12.5 Å². The second kappa shape index (κ2) is 5.55. The highest BCUT2D eigenvalue weighted by atomic mass is 14.0. The first-order valence-corrected chi connectivity index (χ1v) is 5.87. The van der Waals surface area contributed by atoms with Crippen LogP contribution in [0.4, 0.5) is 0 Å². The van der Waals surface area contributed by atoms with Gasteiger partial charge in [-0.1, -0.05) is 74.2 Å². The lowest BCUT2D eigenvalue weighted by Gasteiger charge is -2.08. The Labute approximate surface area is 98.6 Å². The fourth-order valence-electron chi connectivity index (χ4n) is 1.90. The smallest absolute Gasteiger partial charge is 0.0827 e. The third-order valence-electron chi connectivity index (χ3n) is 2.76. The molecular formula is C15H16B. The molecule has 79 valence electrons. The number of hydrogen-bond acceptors (Lipinski definition) is 0. The van der Waals surface area contributed by atoms with Crippen LogP contribution in [0, 0.1) is 0 Å². The van der Waals surface area contributed by atoms with E-state index in [0.717, 1.165) is 12.6 Å². The number of rotatable bonds is 4. The normalized spacial score (nSPS) is 10.1. The summed E-state index contributed by atoms with van der Waals surface area (Å²) in [7, 11) is 2.32. The summed E-state index contributed by atoms with van der Waals surface area (Å²) < 4.78 is 0. The number of benzene rings is 2. The van der Waals surface area contributed by atoms with Crippen LogP contribution in [0.3, 0.4) is 0 Å². The van der Waals surface area contributed by atoms with E-state index in [2.05, 4.69) is 68.8 Å². The molecule has 0 saturated carbocycles. The summed E-state index contributed by atoms with van der Waals surface area (Å²) in [4.78, 5) is 0. The molecule has 0 nitrogen and oxygen atoms in total. The zero-order chi connectivity index (χ0) is 11.2. The van der Waals surface area contributed by atoms with E-state index in [4.69, 9.17) is 0 Å². The molecule has 0 aliphatic carbocycles. The van der Waals surface area contributed by atoms with Gasteiger partial charge in [0, 0.05) is 0 Å². The highest BCUT2D eigenvalue weighted by Crippen LogP contribution is 2.23. The molecule has 0 unspecified atom stereocenters. The molecule has 1 radical (unpaired) electrons. The molecule has 0 saturated heterocycles. The molecule has 0 N–H and O–H groups in total. The molecule has 2 aromatic rings. The Hall–Kier alpha value is -1.50. The fourth-order valence-corrected chi connectivity index (χ4v) is 1.90. The van der Waals surface area contributed by atoms with E-state index >= 15 is 0 Å². The van der Waals surface area contributed by atoms with E-state index < -0.39 is 0 Å². The van der Waals surface area contributed by atoms with Crippen LogP contribution in [0.2, 0.25) is 6.32 Å². The predicted octanol–water partition coefficient (Wildman–Crippen LogP) is 4.00. The van der Waals surface area contributed by atoms with Crippen molar-refractivity contribution in [2.75, 3.05) is 0 Å². The van der Waals surface area contributed by atoms with E-state index in [0.29, 0.717) is 0 Å². The highest BCUT2D eigenvalue weighted by molar-refractivity contribution is 6.34. The van der Waals surface area contributed by atoms with E-state index in [1.807, 2.05) is 0 Å². The largest absolute Gasteiger partial charge is 0.114 e. The monoisotopic (exact) mass is 207 g/mol. The molecule has 0 aliphatic rings. The Morgan fingerprint density at radius 3 is 2.31 bits per heavy atom. The topological polar surface area (TPSA) is 0 Å². The van der Waals surface area contributed by atoms with E-state index in [1.165, 1.54) is 16.7 Å². The second-order valence-electron chi connectivity index (χ2n) is 3.92. The molecule has 0 amide bonds. The van der Waals surface area contributed by atoms with Crippen LogP contribution in [0.15, 0.2) is 54.6 Å². The van der Waals surface area contributed by atoms with Gasteiger partial charge in [0.25, 0.3) is 0 Å². The van der Waals surface area contributed by atoms with Gasteiger partial charge in [-0.25, -0.2) is 0 Å². The van der Waals surface area contributed by atoms with E-state index in [9.17, 15) is 0 Å². The minimum Gasteiger partial charge on any atom is -0.0827 e. The Bertz CT molecular complexity index is 434. The van der Waals surface area contributed by atoms with Crippen molar-refractivity contribution < 1.29 is 0 Å². The average Bonchev–Trinajstić information content (AvgIpc) is 2.38. The van der Waals surface area contributed by atoms with Crippen molar-refractivity contribution in [1.29, 1.82) is 0 Å². The van der Waals surface area contributed by atoms with Crippen molar-refractivity contribution in [1.82, 2.24) is 0 Å². The Morgan fingerprint density at radius 1 is 0.875 bits per heavy atom. The maximum Gasteiger partial charge on any atom is 0.114 e. The summed E-state index contributed by atoms with van der Waals surface area (Å²) in [6, 6.07) is 19.2. The first-order valence-electron chi connectivity index (χ1n) is 5.87. The van der Waals surface area contributed by atoms with Gasteiger partial charge in [0.1, 0.15) is 7.28 Å². The number of hydrogen-bond donors (Lipinski definition) is 0. The second-order valence-corrected chi connectivity index (χ2v) is 3.92. The van der Waals surface area contributed by atoms with Crippen molar-refractivity contribution >= 4 is 7.28 Å². The molecule has 0 aromatic heterocycles. The summed E-state index contributed by atoms with van der Waals surface area (Å²) >= 11 is 0. The summed E-state index contributed by atoms with van der Waals surface area (Å²) in [6.45, 7) is 2.19. The molecule has 0 bridgehead atoms. The maximum absolute atomic E-state index is 2.32. The Balaban J connectivity index is 2.33. The summed E-state index contributed by atoms with van der Waals surface area (Å²) in [5.41, 5.74) is 4.07. The van der Waals surface area contributed by atoms with E-state index in [1.54, 1.807) is 0 Å². The predicted molar refractivity (Wildman–Crippen MR) is 71.8 cm³/mol. The van der Waals surface area contributed by atoms with Crippen molar-refractivity contribution in [2.24, 2.45) is 0 Å². The van der Waals surface area contributed by atoms with Gasteiger partial charge in [-0.15, -0.1) is 0 Å². The standard InChI is InChI=1S/C15H16B/c1-2-16-12-14-10-6-7-11-15(14)13-8-4-3-5-9-13/h3-11H,2,12H2,1H3. The van der Waals surface area contributed by atoms with Crippen LogP contribution in [0.5, 0.6) is 0 Å². The average molecular weight is 207 g/mol. The van der Waals surface area contributed by atoms with Crippen LogP contribution in [-0.4, -0.2) is 7.28 Å². The van der Waals surface area contributed by atoms with Gasteiger partial charge in [-0.2, -0.15) is 0 Å². The zero-order valence-corrected chi connectivity index (χ0v) is 9.69. The van der Waals surface area contributed by atoms with Gasteiger partial charge in [-0.05, 0) is 16.7 Å².